The molecule has 106 valence electrons. The van der Waals surface area contributed by atoms with E-state index in [9.17, 15) is 4.79 Å². The lowest BCUT2D eigenvalue weighted by atomic mass is 10.2. The minimum atomic E-state index is -0.530. The zero-order valence-electron chi connectivity index (χ0n) is 11.5. The van der Waals surface area contributed by atoms with Gasteiger partial charge in [0.1, 0.15) is 11.3 Å². The van der Waals surface area contributed by atoms with Crippen molar-refractivity contribution in [3.8, 4) is 17.2 Å². The first-order valence-electron chi connectivity index (χ1n) is 6.51. The summed E-state index contributed by atoms with van der Waals surface area (Å²) in [7, 11) is 0. The molecule has 1 amide bonds. The van der Waals surface area contributed by atoms with Gasteiger partial charge in [0, 0.05) is 0 Å². The van der Waals surface area contributed by atoms with Crippen LogP contribution in [-0.4, -0.2) is 17.5 Å². The van der Waals surface area contributed by atoms with Crippen LogP contribution in [0.5, 0.6) is 5.75 Å². The van der Waals surface area contributed by atoms with Crippen LogP contribution in [-0.2, 0) is 4.79 Å². The largest absolute Gasteiger partial charge is 0.483 e. The molecule has 5 nitrogen and oxygen atoms in total. The number of carbonyl (C=O) groups excluding carboxylic acids is 1. The van der Waals surface area contributed by atoms with Gasteiger partial charge in [-0.05, 0) is 36.8 Å². The topological polar surface area (TPSA) is 78.4 Å². The number of nitrogens with zero attached hydrogens (tertiary/aromatic N) is 1. The van der Waals surface area contributed by atoms with E-state index in [-0.39, 0.29) is 6.61 Å². The summed E-state index contributed by atoms with van der Waals surface area (Å²) in [5.41, 5.74) is 8.39. The van der Waals surface area contributed by atoms with Crippen LogP contribution in [0.1, 0.15) is 5.56 Å². The standard InChI is InChI=1S/C16H14N2O3/c1-10-6-7-12-14(8-10)21-16(18-12)11-4-2-3-5-13(11)20-9-15(17)19/h2-8H,9H2,1H3,(H2,17,19). The summed E-state index contributed by atoms with van der Waals surface area (Å²) < 4.78 is 11.2. The lowest BCUT2D eigenvalue weighted by molar-refractivity contribution is -0.119. The van der Waals surface area contributed by atoms with Crippen molar-refractivity contribution in [2.45, 2.75) is 6.92 Å². The molecular formula is C16H14N2O3. The minimum Gasteiger partial charge on any atom is -0.483 e. The molecular weight excluding hydrogens is 268 g/mol. The van der Waals surface area contributed by atoms with Crippen LogP contribution in [0.4, 0.5) is 0 Å². The maximum atomic E-state index is 10.9. The number of nitrogens with two attached hydrogens (primary N) is 1. The molecule has 0 aliphatic rings. The van der Waals surface area contributed by atoms with Gasteiger partial charge >= 0.3 is 0 Å². The zero-order valence-corrected chi connectivity index (χ0v) is 11.5. The second-order valence-corrected chi connectivity index (χ2v) is 4.74. The summed E-state index contributed by atoms with van der Waals surface area (Å²) >= 11 is 0. The van der Waals surface area contributed by atoms with Crippen molar-refractivity contribution in [3.63, 3.8) is 0 Å². The fraction of sp³-hybridized carbons (Fsp3) is 0.125. The van der Waals surface area contributed by atoms with E-state index in [1.54, 1.807) is 6.07 Å². The SMILES string of the molecule is Cc1ccc2nc(-c3ccccc3OCC(N)=O)oc2c1. The van der Waals surface area contributed by atoms with E-state index >= 15 is 0 Å². The summed E-state index contributed by atoms with van der Waals surface area (Å²) in [5.74, 6) is 0.438. The van der Waals surface area contributed by atoms with Crippen molar-refractivity contribution in [1.82, 2.24) is 4.98 Å². The number of carbonyl (C=O) groups is 1. The molecule has 0 fully saturated rings. The van der Waals surface area contributed by atoms with E-state index in [2.05, 4.69) is 4.98 Å². The fourth-order valence-electron chi connectivity index (χ4n) is 2.07. The third-order valence-electron chi connectivity index (χ3n) is 3.03. The molecule has 1 heterocycles. The van der Waals surface area contributed by atoms with Gasteiger partial charge in [-0.15, -0.1) is 0 Å². The van der Waals surface area contributed by atoms with Crippen LogP contribution in [0.2, 0.25) is 0 Å². The number of rotatable bonds is 4. The number of aromatic nitrogens is 1. The van der Waals surface area contributed by atoms with Gasteiger partial charge in [0.25, 0.3) is 5.91 Å². The molecule has 0 radical (unpaired) electrons. The van der Waals surface area contributed by atoms with Gasteiger partial charge in [-0.2, -0.15) is 0 Å². The van der Waals surface area contributed by atoms with E-state index in [0.717, 1.165) is 16.7 Å². The van der Waals surface area contributed by atoms with E-state index < -0.39 is 5.91 Å². The van der Waals surface area contributed by atoms with Crippen molar-refractivity contribution < 1.29 is 13.9 Å². The highest BCUT2D eigenvalue weighted by Crippen LogP contribution is 2.31. The molecule has 1 aromatic heterocycles. The van der Waals surface area contributed by atoms with Crippen LogP contribution in [0.3, 0.4) is 0 Å². The van der Waals surface area contributed by atoms with Crippen molar-refractivity contribution in [1.29, 1.82) is 0 Å². The molecule has 21 heavy (non-hydrogen) atoms. The van der Waals surface area contributed by atoms with E-state index in [1.165, 1.54) is 0 Å². The van der Waals surface area contributed by atoms with Gasteiger partial charge in [0.2, 0.25) is 5.89 Å². The van der Waals surface area contributed by atoms with Crippen LogP contribution in [0.25, 0.3) is 22.6 Å². The van der Waals surface area contributed by atoms with Crippen LogP contribution >= 0.6 is 0 Å². The number of oxazole rings is 1. The fourth-order valence-corrected chi connectivity index (χ4v) is 2.07. The Balaban J connectivity index is 2.03. The van der Waals surface area contributed by atoms with Crippen molar-refractivity contribution >= 4 is 17.0 Å². The van der Waals surface area contributed by atoms with Gasteiger partial charge in [0.15, 0.2) is 12.2 Å². The Bertz CT molecular complexity index is 808. The second kappa shape index (κ2) is 5.28. The maximum absolute atomic E-state index is 10.9. The summed E-state index contributed by atoms with van der Waals surface area (Å²) in [6.07, 6.45) is 0. The Hall–Kier alpha value is -2.82. The summed E-state index contributed by atoms with van der Waals surface area (Å²) in [4.78, 5) is 15.3. The highest BCUT2D eigenvalue weighted by molar-refractivity contribution is 5.79. The number of ether oxygens (including phenoxy) is 1. The lowest BCUT2D eigenvalue weighted by Gasteiger charge is -2.07. The van der Waals surface area contributed by atoms with Gasteiger partial charge in [-0.25, -0.2) is 4.98 Å². The first kappa shape index (κ1) is 13.2. The Morgan fingerprint density at radius 3 is 2.90 bits per heavy atom. The molecule has 0 unspecified atom stereocenters. The number of amides is 1. The van der Waals surface area contributed by atoms with Crippen molar-refractivity contribution in [2.75, 3.05) is 6.61 Å². The Morgan fingerprint density at radius 2 is 2.10 bits per heavy atom. The molecule has 0 aliphatic carbocycles. The molecule has 5 heteroatoms. The first-order chi connectivity index (χ1) is 10.1. The summed E-state index contributed by atoms with van der Waals surface area (Å²) in [6.45, 7) is 1.81. The van der Waals surface area contributed by atoms with Gasteiger partial charge in [0.05, 0.1) is 5.56 Å². The number of primary amides is 1. The van der Waals surface area contributed by atoms with Crippen LogP contribution in [0, 0.1) is 6.92 Å². The molecule has 2 N–H and O–H groups in total. The Labute approximate surface area is 121 Å². The van der Waals surface area contributed by atoms with E-state index in [1.807, 2.05) is 43.3 Å². The predicted molar refractivity (Wildman–Crippen MR) is 78.9 cm³/mol. The predicted octanol–water partition coefficient (Wildman–Crippen LogP) is 2.67. The smallest absolute Gasteiger partial charge is 0.255 e. The highest BCUT2D eigenvalue weighted by atomic mass is 16.5. The van der Waals surface area contributed by atoms with Gasteiger partial charge < -0.3 is 14.9 Å². The summed E-state index contributed by atoms with van der Waals surface area (Å²) in [6, 6.07) is 13.1. The number of hydrogen-bond acceptors (Lipinski definition) is 4. The number of para-hydroxylation sites is 1. The number of benzene rings is 2. The van der Waals surface area contributed by atoms with Gasteiger partial charge in [-0.1, -0.05) is 18.2 Å². The Morgan fingerprint density at radius 1 is 1.29 bits per heavy atom. The Kier molecular flexibility index (Phi) is 3.31. The molecule has 0 spiro atoms. The average Bonchev–Trinajstić information content (AvgIpc) is 2.88. The average molecular weight is 282 g/mol. The van der Waals surface area contributed by atoms with Gasteiger partial charge in [-0.3, -0.25) is 4.79 Å². The van der Waals surface area contributed by atoms with E-state index in [4.69, 9.17) is 14.9 Å². The third kappa shape index (κ3) is 2.72. The minimum absolute atomic E-state index is 0.184. The monoisotopic (exact) mass is 282 g/mol. The lowest BCUT2D eigenvalue weighted by Crippen LogP contribution is -2.20. The van der Waals surface area contributed by atoms with Crippen molar-refractivity contribution in [2.24, 2.45) is 5.73 Å². The summed E-state index contributed by atoms with van der Waals surface area (Å²) in [5, 5.41) is 0. The van der Waals surface area contributed by atoms with Crippen molar-refractivity contribution in [3.05, 3.63) is 48.0 Å². The number of fused-ring (bicyclic) bond motifs is 1. The molecule has 0 saturated carbocycles. The maximum Gasteiger partial charge on any atom is 0.255 e. The van der Waals surface area contributed by atoms with Crippen LogP contribution < -0.4 is 10.5 Å². The quantitative estimate of drug-likeness (QED) is 0.798. The molecule has 3 rings (SSSR count). The normalized spacial score (nSPS) is 10.7. The molecule has 2 aromatic carbocycles. The zero-order chi connectivity index (χ0) is 14.8. The first-order valence-corrected chi connectivity index (χ1v) is 6.51. The molecule has 3 aromatic rings. The second-order valence-electron chi connectivity index (χ2n) is 4.74. The highest BCUT2D eigenvalue weighted by Gasteiger charge is 2.13. The number of hydrogen-bond donors (Lipinski definition) is 1. The number of aryl methyl sites for hydroxylation is 1. The molecule has 0 aliphatic heterocycles. The van der Waals surface area contributed by atoms with E-state index in [0.29, 0.717) is 17.2 Å². The molecule has 0 atom stereocenters. The molecule has 0 saturated heterocycles. The molecule has 0 bridgehead atoms. The van der Waals surface area contributed by atoms with Crippen LogP contribution in [0.15, 0.2) is 46.9 Å². The third-order valence-corrected chi connectivity index (χ3v) is 3.03.